The van der Waals surface area contributed by atoms with E-state index >= 15 is 4.39 Å². The van der Waals surface area contributed by atoms with Gasteiger partial charge in [0.05, 0.1) is 18.2 Å². The number of piperidine rings is 2. The molecule has 16 heteroatoms. The van der Waals surface area contributed by atoms with Gasteiger partial charge in [-0.25, -0.2) is 21.2 Å². The number of nitrogens with one attached hydrogen (secondary N) is 3. The summed E-state index contributed by atoms with van der Waals surface area (Å²) in [7, 11) is 4.19. The minimum absolute atomic E-state index is 0.0586. The molecule has 4 heterocycles. The molecule has 0 aromatic heterocycles. The normalized spacial score (nSPS) is 19.1. The van der Waals surface area contributed by atoms with Gasteiger partial charge in [-0.15, -0.1) is 0 Å². The number of anilines is 2. The molecule has 4 aliphatic rings. The van der Waals surface area contributed by atoms with Crippen LogP contribution in [0.25, 0.3) is 0 Å². The number of imide groups is 1. The summed E-state index contributed by atoms with van der Waals surface area (Å²) in [5, 5.41) is 8.04. The second-order valence-electron chi connectivity index (χ2n) is 11.6. The third kappa shape index (κ3) is 9.02. The van der Waals surface area contributed by atoms with E-state index in [-0.39, 0.29) is 74.1 Å². The van der Waals surface area contributed by atoms with Crippen LogP contribution in [0.1, 0.15) is 61.0 Å². The number of carbonyl (C=O) groups excluding carboxylic acids is 6. The minimum Gasteiger partial charge on any atom is -0.376 e. The number of likely N-dealkylation sites (tertiary alicyclic amines) is 1. The number of amides is 5. The highest BCUT2D eigenvalue weighted by molar-refractivity contribution is 8.03. The smallest absolute Gasteiger partial charge is 0.255 e. The number of hydrogen-bond acceptors (Lipinski definition) is 10. The number of benzene rings is 2. The molecule has 12 nitrogen and oxygen atoms in total. The van der Waals surface area contributed by atoms with Crippen LogP contribution in [0.5, 0.6) is 0 Å². The van der Waals surface area contributed by atoms with Gasteiger partial charge in [-0.2, -0.15) is 0 Å². The monoisotopic (exact) mass is 710 g/mol. The Kier molecular flexibility index (Phi) is 13.7. The predicted molar refractivity (Wildman–Crippen MR) is 189 cm³/mol. The zero-order chi connectivity index (χ0) is 35.7. The highest BCUT2D eigenvalue weighted by atomic mass is 32.2. The molecule has 3 fully saturated rings. The molecular weight excluding hydrogens is 670 g/mol. The van der Waals surface area contributed by atoms with Gasteiger partial charge in [0.15, 0.2) is 12.9 Å². The molecule has 1 atom stereocenters. The Bertz CT molecular complexity index is 1580. The van der Waals surface area contributed by atoms with Gasteiger partial charge in [-0.1, -0.05) is 44.0 Å². The zero-order valence-corrected chi connectivity index (χ0v) is 29.2. The van der Waals surface area contributed by atoms with Gasteiger partial charge in [-0.05, 0) is 24.6 Å². The molecule has 49 heavy (non-hydrogen) atoms. The molecule has 4 aliphatic heterocycles. The van der Waals surface area contributed by atoms with Gasteiger partial charge in [0.2, 0.25) is 23.6 Å². The van der Waals surface area contributed by atoms with Gasteiger partial charge >= 0.3 is 0 Å². The van der Waals surface area contributed by atoms with E-state index in [9.17, 15) is 28.8 Å². The van der Waals surface area contributed by atoms with Crippen molar-refractivity contribution in [1.82, 2.24) is 19.4 Å². The van der Waals surface area contributed by atoms with E-state index in [2.05, 4.69) is 39.9 Å². The van der Waals surface area contributed by atoms with Crippen LogP contribution in [0.2, 0.25) is 0 Å². The van der Waals surface area contributed by atoms with Crippen molar-refractivity contribution < 1.29 is 33.2 Å². The lowest BCUT2D eigenvalue weighted by atomic mass is 9.98. The lowest BCUT2D eigenvalue weighted by Gasteiger charge is -2.38. The third-order valence-corrected chi connectivity index (χ3v) is 9.81. The molecule has 260 valence electrons. The number of nitrogens with zero attached hydrogens (tertiary/aromatic N) is 3. The number of ketones is 1. The van der Waals surface area contributed by atoms with E-state index in [0.717, 1.165) is 0 Å². The lowest BCUT2D eigenvalue weighted by Crippen LogP contribution is -2.55. The fraction of sp³-hybridized carbons (Fsp3) is 0.455. The molecule has 2 radical (unpaired) electrons. The Balaban J connectivity index is 0.00000130. The van der Waals surface area contributed by atoms with Gasteiger partial charge in [0.25, 0.3) is 5.91 Å². The van der Waals surface area contributed by atoms with Crippen LogP contribution in [0.3, 0.4) is 0 Å². The first-order valence-corrected chi connectivity index (χ1v) is 17.7. The van der Waals surface area contributed by atoms with Gasteiger partial charge < -0.3 is 20.4 Å². The summed E-state index contributed by atoms with van der Waals surface area (Å²) in [5.41, 5.74) is 2.27. The Morgan fingerprint density at radius 3 is 2.37 bits per heavy atom. The molecule has 6 rings (SSSR count). The molecular formula is C33H40BFN6O6S2. The Labute approximate surface area is 296 Å². The second kappa shape index (κ2) is 17.7. The number of thiol groups is 1. The van der Waals surface area contributed by atoms with Crippen molar-refractivity contribution in [3.63, 3.8) is 0 Å². The summed E-state index contributed by atoms with van der Waals surface area (Å²) in [5.74, 6) is -2.07. The van der Waals surface area contributed by atoms with Crippen molar-refractivity contribution in [3.05, 3.63) is 58.9 Å². The second-order valence-corrected chi connectivity index (χ2v) is 12.7. The van der Waals surface area contributed by atoms with Crippen LogP contribution < -0.4 is 16.0 Å². The summed E-state index contributed by atoms with van der Waals surface area (Å²) in [4.78, 5) is 77.1. The molecule has 0 saturated carbocycles. The molecule has 3 N–H and O–H groups in total. The number of rotatable bonds is 9. The maximum absolute atomic E-state index is 15.2. The van der Waals surface area contributed by atoms with E-state index < -0.39 is 23.7 Å². The van der Waals surface area contributed by atoms with E-state index in [1.165, 1.54) is 27.8 Å². The third-order valence-electron chi connectivity index (χ3n) is 8.64. The fourth-order valence-corrected chi connectivity index (χ4v) is 6.92. The number of hydrogen-bond donors (Lipinski definition) is 4. The number of Topliss-reactive ketones (excluding diaryl/α,β-unsaturated/α-hetero) is 1. The predicted octanol–water partition coefficient (Wildman–Crippen LogP) is 2.93. The van der Waals surface area contributed by atoms with Crippen LogP contribution >= 0.6 is 24.4 Å². The molecule has 0 spiro atoms. The van der Waals surface area contributed by atoms with E-state index in [1.54, 1.807) is 30.3 Å². The summed E-state index contributed by atoms with van der Waals surface area (Å²) in [6.45, 7) is 5.81. The number of fused-ring (bicyclic) bond motifs is 1. The van der Waals surface area contributed by atoms with Crippen molar-refractivity contribution in [3.8, 4) is 0 Å². The summed E-state index contributed by atoms with van der Waals surface area (Å²) in [6.07, 6.45) is 1.43. The van der Waals surface area contributed by atoms with Crippen molar-refractivity contribution in [2.75, 3.05) is 43.4 Å². The first-order chi connectivity index (χ1) is 23.7. The molecule has 2 aromatic carbocycles. The quantitative estimate of drug-likeness (QED) is 0.134. The summed E-state index contributed by atoms with van der Waals surface area (Å²) < 4.78 is 17.2. The average Bonchev–Trinajstić information content (AvgIpc) is 3.42. The molecule has 0 bridgehead atoms. The minimum atomic E-state index is -0.733. The van der Waals surface area contributed by atoms with Crippen molar-refractivity contribution in [2.45, 2.75) is 57.9 Å². The van der Waals surface area contributed by atoms with E-state index in [1.807, 2.05) is 13.8 Å². The van der Waals surface area contributed by atoms with E-state index in [0.29, 0.717) is 54.1 Å². The molecule has 2 aromatic rings. The molecule has 3 saturated heterocycles. The van der Waals surface area contributed by atoms with Gasteiger partial charge in [0.1, 0.15) is 11.8 Å². The largest absolute Gasteiger partial charge is 0.376 e. The highest BCUT2D eigenvalue weighted by Crippen LogP contribution is 2.32. The molecule has 0 aliphatic carbocycles. The standard InChI is InChI=1S/C31H33FN6O6S.C2H6.BHS/c32-28-18(17-45-37-11-9-20(39)10-12-37)3-1-6-24(28)34-29(42)19-14-36(15-19)27(41)13-33-23-5-2-4-21-22(23)16-38(31(21)44)25-7-8-26(40)35-30(25)43;2*1-2/h1-6,19,25,33H,7-17H2,(H,34,42)(H,35,40,43);1-2H3;2H. The van der Waals surface area contributed by atoms with Crippen molar-refractivity contribution >= 4 is 78.2 Å². The van der Waals surface area contributed by atoms with Crippen LogP contribution in [0.15, 0.2) is 36.4 Å². The average molecular weight is 711 g/mol. The topological polar surface area (TPSA) is 148 Å². The fourth-order valence-electron chi connectivity index (χ4n) is 5.93. The van der Waals surface area contributed by atoms with Crippen LogP contribution in [-0.2, 0) is 36.3 Å². The highest BCUT2D eigenvalue weighted by Gasteiger charge is 2.40. The van der Waals surface area contributed by atoms with Crippen molar-refractivity contribution in [1.29, 1.82) is 0 Å². The number of halogens is 1. The van der Waals surface area contributed by atoms with Crippen LogP contribution in [-0.4, -0.2) is 95.3 Å². The summed E-state index contributed by atoms with van der Waals surface area (Å²) in [6, 6.07) is 9.27. The Hall–Kier alpha value is -3.89. The number of carbonyl (C=O) groups is 6. The zero-order valence-electron chi connectivity index (χ0n) is 27.5. The summed E-state index contributed by atoms with van der Waals surface area (Å²) >= 11 is 4.50. The Morgan fingerprint density at radius 1 is 1.00 bits per heavy atom. The van der Waals surface area contributed by atoms with Crippen LogP contribution in [0, 0.1) is 11.7 Å². The molecule has 5 amide bonds. The first-order valence-electron chi connectivity index (χ1n) is 16.2. The van der Waals surface area contributed by atoms with Crippen molar-refractivity contribution in [2.24, 2.45) is 5.92 Å². The maximum Gasteiger partial charge on any atom is 0.255 e. The lowest BCUT2D eigenvalue weighted by molar-refractivity contribution is -0.140. The van der Waals surface area contributed by atoms with Crippen LogP contribution in [0.4, 0.5) is 15.8 Å². The SMILES string of the molecule is CC.O=C1CCN(SCc2cccc(NC(=O)C3CN(C(=O)CNc4cccc5c4CN(C4CCC(=O)NC4=O)C5=O)C3)c2F)CC1.[B]S. The maximum atomic E-state index is 15.2. The first kappa shape index (κ1) is 37.9. The van der Waals surface area contributed by atoms with Gasteiger partial charge in [-0.3, -0.25) is 34.1 Å². The van der Waals surface area contributed by atoms with E-state index in [4.69, 9.17) is 0 Å². The Morgan fingerprint density at radius 2 is 1.67 bits per heavy atom. The molecule has 1 unspecified atom stereocenters. The van der Waals surface area contributed by atoms with Gasteiger partial charge in [0, 0.05) is 80.1 Å².